The van der Waals surface area contributed by atoms with E-state index >= 15 is 0 Å². The number of hydrogen-bond acceptors (Lipinski definition) is 7. The van der Waals surface area contributed by atoms with Crippen LogP contribution in [-0.4, -0.2) is 40.7 Å². The van der Waals surface area contributed by atoms with E-state index in [0.717, 1.165) is 19.3 Å². The van der Waals surface area contributed by atoms with Crippen LogP contribution in [0.2, 0.25) is 0 Å². The number of nitro groups is 1. The molecule has 2 N–H and O–H groups in total. The first-order chi connectivity index (χ1) is 9.63. The SMILES string of the molecule is CCCOC1CCCN(c2ncnc(N)c2[N+](=O)[O-])C1. The monoisotopic (exact) mass is 281 g/mol. The predicted octanol–water partition coefficient (Wildman–Crippen LogP) is 1.36. The molecule has 1 fully saturated rings. The van der Waals surface area contributed by atoms with Crippen molar-refractivity contribution in [1.82, 2.24) is 9.97 Å². The van der Waals surface area contributed by atoms with Crippen molar-refractivity contribution in [2.24, 2.45) is 0 Å². The fraction of sp³-hybridized carbons (Fsp3) is 0.667. The number of rotatable bonds is 5. The second-order valence-electron chi connectivity index (χ2n) is 4.77. The zero-order valence-corrected chi connectivity index (χ0v) is 11.5. The van der Waals surface area contributed by atoms with Crippen LogP contribution in [0.25, 0.3) is 0 Å². The van der Waals surface area contributed by atoms with Crippen LogP contribution in [0.15, 0.2) is 6.33 Å². The minimum absolute atomic E-state index is 0.0829. The molecule has 0 amide bonds. The van der Waals surface area contributed by atoms with Crippen molar-refractivity contribution >= 4 is 17.3 Å². The summed E-state index contributed by atoms with van der Waals surface area (Å²) in [5, 5.41) is 11.1. The van der Waals surface area contributed by atoms with Gasteiger partial charge in [-0.05, 0) is 19.3 Å². The summed E-state index contributed by atoms with van der Waals surface area (Å²) >= 11 is 0. The van der Waals surface area contributed by atoms with Gasteiger partial charge in [0.1, 0.15) is 6.33 Å². The molecule has 0 radical (unpaired) electrons. The lowest BCUT2D eigenvalue weighted by Gasteiger charge is -2.33. The summed E-state index contributed by atoms with van der Waals surface area (Å²) < 4.78 is 5.73. The van der Waals surface area contributed by atoms with Crippen LogP contribution in [0, 0.1) is 10.1 Å². The normalized spacial score (nSPS) is 19.1. The standard InChI is InChI=1S/C12H19N5O3/c1-2-6-20-9-4-3-5-16(7-9)12-10(17(18)19)11(13)14-8-15-12/h8-9H,2-7H2,1H3,(H2,13,14,15). The highest BCUT2D eigenvalue weighted by Gasteiger charge is 2.29. The van der Waals surface area contributed by atoms with E-state index in [1.54, 1.807) is 0 Å². The second kappa shape index (κ2) is 6.47. The number of piperidine rings is 1. The number of anilines is 2. The Balaban J connectivity index is 2.18. The van der Waals surface area contributed by atoms with Gasteiger partial charge < -0.3 is 15.4 Å². The molecule has 1 aromatic rings. The lowest BCUT2D eigenvalue weighted by molar-refractivity contribution is -0.383. The Bertz CT molecular complexity index is 482. The first kappa shape index (κ1) is 14.4. The van der Waals surface area contributed by atoms with Gasteiger partial charge in [0.2, 0.25) is 11.6 Å². The Hall–Kier alpha value is -1.96. The van der Waals surface area contributed by atoms with Crippen molar-refractivity contribution in [2.45, 2.75) is 32.3 Å². The third-order valence-electron chi connectivity index (χ3n) is 3.25. The maximum Gasteiger partial charge on any atom is 0.353 e. The van der Waals surface area contributed by atoms with Crippen LogP contribution in [0.3, 0.4) is 0 Å². The third-order valence-corrected chi connectivity index (χ3v) is 3.25. The molecule has 1 unspecified atom stereocenters. The number of hydrogen-bond donors (Lipinski definition) is 1. The summed E-state index contributed by atoms with van der Waals surface area (Å²) in [5.41, 5.74) is 5.37. The maximum atomic E-state index is 11.1. The average molecular weight is 281 g/mol. The number of nitrogens with zero attached hydrogens (tertiary/aromatic N) is 4. The molecule has 110 valence electrons. The van der Waals surface area contributed by atoms with Crippen molar-refractivity contribution in [2.75, 3.05) is 30.3 Å². The molecule has 0 aromatic carbocycles. The van der Waals surface area contributed by atoms with Crippen LogP contribution < -0.4 is 10.6 Å². The first-order valence-corrected chi connectivity index (χ1v) is 6.75. The second-order valence-corrected chi connectivity index (χ2v) is 4.77. The summed E-state index contributed by atoms with van der Waals surface area (Å²) in [4.78, 5) is 20.2. The lowest BCUT2D eigenvalue weighted by atomic mass is 10.1. The van der Waals surface area contributed by atoms with Crippen LogP contribution in [0.1, 0.15) is 26.2 Å². The van der Waals surface area contributed by atoms with Crippen molar-refractivity contribution in [3.63, 3.8) is 0 Å². The Morgan fingerprint density at radius 1 is 1.60 bits per heavy atom. The Labute approximate surface area is 117 Å². The molecule has 20 heavy (non-hydrogen) atoms. The zero-order chi connectivity index (χ0) is 14.5. The van der Waals surface area contributed by atoms with Gasteiger partial charge in [0.25, 0.3) is 0 Å². The maximum absolute atomic E-state index is 11.1. The number of aromatic nitrogens is 2. The van der Waals surface area contributed by atoms with E-state index in [1.165, 1.54) is 6.33 Å². The van der Waals surface area contributed by atoms with Gasteiger partial charge >= 0.3 is 5.69 Å². The molecule has 2 rings (SSSR count). The van der Waals surface area contributed by atoms with Gasteiger partial charge in [-0.1, -0.05) is 6.92 Å². The highest BCUT2D eigenvalue weighted by atomic mass is 16.6. The quantitative estimate of drug-likeness (QED) is 0.641. The van der Waals surface area contributed by atoms with Crippen LogP contribution in [-0.2, 0) is 4.74 Å². The summed E-state index contributed by atoms with van der Waals surface area (Å²) in [7, 11) is 0. The van der Waals surface area contributed by atoms with Crippen molar-refractivity contribution in [3.05, 3.63) is 16.4 Å². The summed E-state index contributed by atoms with van der Waals surface area (Å²) in [6, 6.07) is 0. The molecule has 1 aliphatic rings. The van der Waals surface area contributed by atoms with Crippen LogP contribution >= 0.6 is 0 Å². The average Bonchev–Trinajstić information content (AvgIpc) is 2.44. The van der Waals surface area contributed by atoms with Crippen LogP contribution in [0.4, 0.5) is 17.3 Å². The Morgan fingerprint density at radius 2 is 2.40 bits per heavy atom. The largest absolute Gasteiger partial charge is 0.378 e. The minimum atomic E-state index is -0.527. The molecule has 2 heterocycles. The molecule has 8 heteroatoms. The summed E-state index contributed by atoms with van der Waals surface area (Å²) in [6.07, 6.45) is 4.17. The van der Waals surface area contributed by atoms with Gasteiger partial charge in [-0.3, -0.25) is 10.1 Å². The minimum Gasteiger partial charge on any atom is -0.378 e. The van der Waals surface area contributed by atoms with E-state index < -0.39 is 4.92 Å². The fourth-order valence-corrected chi connectivity index (χ4v) is 2.34. The van der Waals surface area contributed by atoms with Crippen molar-refractivity contribution in [1.29, 1.82) is 0 Å². The van der Waals surface area contributed by atoms with E-state index in [4.69, 9.17) is 10.5 Å². The molecule has 1 aromatic heterocycles. The summed E-state index contributed by atoms with van der Waals surface area (Å²) in [6.45, 7) is 4.06. The van der Waals surface area contributed by atoms with E-state index in [-0.39, 0.29) is 23.4 Å². The number of ether oxygens (including phenoxy) is 1. The molecule has 0 aliphatic carbocycles. The van der Waals surface area contributed by atoms with E-state index in [0.29, 0.717) is 19.7 Å². The number of nitrogen functional groups attached to an aromatic ring is 1. The van der Waals surface area contributed by atoms with Gasteiger partial charge in [0, 0.05) is 19.7 Å². The topological polar surface area (TPSA) is 107 Å². The molecule has 1 aliphatic heterocycles. The molecule has 1 saturated heterocycles. The highest BCUT2D eigenvalue weighted by molar-refractivity contribution is 5.68. The van der Waals surface area contributed by atoms with E-state index in [9.17, 15) is 10.1 Å². The molecule has 0 saturated carbocycles. The third kappa shape index (κ3) is 3.13. The lowest BCUT2D eigenvalue weighted by Crippen LogP contribution is -2.40. The molecule has 1 atom stereocenters. The van der Waals surface area contributed by atoms with Gasteiger partial charge in [0.15, 0.2) is 0 Å². The number of nitrogens with two attached hydrogens (primary N) is 1. The van der Waals surface area contributed by atoms with Gasteiger partial charge in [-0.2, -0.15) is 0 Å². The molecule has 0 spiro atoms. The van der Waals surface area contributed by atoms with Crippen molar-refractivity contribution in [3.8, 4) is 0 Å². The first-order valence-electron chi connectivity index (χ1n) is 6.75. The molecular formula is C12H19N5O3. The van der Waals surface area contributed by atoms with Gasteiger partial charge in [-0.15, -0.1) is 0 Å². The predicted molar refractivity (Wildman–Crippen MR) is 74.6 cm³/mol. The Kier molecular flexibility index (Phi) is 4.67. The van der Waals surface area contributed by atoms with E-state index in [2.05, 4.69) is 16.9 Å². The van der Waals surface area contributed by atoms with Crippen molar-refractivity contribution < 1.29 is 9.66 Å². The fourth-order valence-electron chi connectivity index (χ4n) is 2.34. The van der Waals surface area contributed by atoms with Gasteiger partial charge in [0.05, 0.1) is 11.0 Å². The molecule has 8 nitrogen and oxygen atoms in total. The molecular weight excluding hydrogens is 262 g/mol. The van der Waals surface area contributed by atoms with Gasteiger partial charge in [-0.25, -0.2) is 9.97 Å². The smallest absolute Gasteiger partial charge is 0.353 e. The molecule has 0 bridgehead atoms. The van der Waals surface area contributed by atoms with Crippen LogP contribution in [0.5, 0.6) is 0 Å². The van der Waals surface area contributed by atoms with E-state index in [1.807, 2.05) is 4.90 Å². The zero-order valence-electron chi connectivity index (χ0n) is 11.5. The Morgan fingerprint density at radius 3 is 3.10 bits per heavy atom. The summed E-state index contributed by atoms with van der Waals surface area (Å²) in [5.74, 6) is 0.184. The highest BCUT2D eigenvalue weighted by Crippen LogP contribution is 2.31.